The van der Waals surface area contributed by atoms with Crippen molar-refractivity contribution >= 4 is 5.69 Å². The molecule has 0 spiro atoms. The van der Waals surface area contributed by atoms with Crippen LogP contribution in [0.3, 0.4) is 0 Å². The van der Waals surface area contributed by atoms with Gasteiger partial charge in [-0.2, -0.15) is 10.4 Å². The molecule has 0 fully saturated rings. The molecule has 20 heavy (non-hydrogen) atoms. The van der Waals surface area contributed by atoms with Crippen molar-refractivity contribution in [3.8, 4) is 6.07 Å². The van der Waals surface area contributed by atoms with Crippen LogP contribution in [-0.4, -0.2) is 9.78 Å². The fraction of sp³-hybridized carbons (Fsp3) is 0.375. The van der Waals surface area contributed by atoms with Crippen molar-refractivity contribution in [1.82, 2.24) is 9.78 Å². The number of hydrogen-bond donors (Lipinski definition) is 1. The summed E-state index contributed by atoms with van der Waals surface area (Å²) in [6.45, 7) is 6.32. The van der Waals surface area contributed by atoms with E-state index in [2.05, 4.69) is 37.3 Å². The van der Waals surface area contributed by atoms with E-state index in [4.69, 9.17) is 0 Å². The quantitative estimate of drug-likeness (QED) is 0.928. The monoisotopic (exact) mass is 268 g/mol. The van der Waals surface area contributed by atoms with Gasteiger partial charge < -0.3 is 5.32 Å². The molecule has 0 amide bonds. The maximum Gasteiger partial charge on any atom is 0.143 e. The second kappa shape index (κ2) is 5.38. The first-order chi connectivity index (χ1) is 9.41. The van der Waals surface area contributed by atoms with Gasteiger partial charge in [-0.05, 0) is 12.1 Å². The summed E-state index contributed by atoms with van der Waals surface area (Å²) in [5, 5.41) is 17.3. The Morgan fingerprint density at radius 3 is 2.45 bits per heavy atom. The molecule has 2 rings (SSSR count). The highest BCUT2D eigenvalue weighted by Crippen LogP contribution is 2.29. The average Bonchev–Trinajstić information content (AvgIpc) is 2.79. The van der Waals surface area contributed by atoms with Gasteiger partial charge in [-0.25, -0.2) is 0 Å². The molecule has 1 aromatic carbocycles. The predicted octanol–water partition coefficient (Wildman–Crippen LogP) is 3.39. The van der Waals surface area contributed by atoms with Gasteiger partial charge in [0.15, 0.2) is 0 Å². The second-order valence-electron chi connectivity index (χ2n) is 5.93. The fourth-order valence-electron chi connectivity index (χ4n) is 2.18. The summed E-state index contributed by atoms with van der Waals surface area (Å²) in [5.41, 5.74) is 2.73. The molecule has 0 saturated carbocycles. The lowest BCUT2D eigenvalue weighted by atomic mass is 9.87. The Morgan fingerprint density at radius 2 is 1.90 bits per heavy atom. The highest BCUT2D eigenvalue weighted by Gasteiger charge is 2.26. The highest BCUT2D eigenvalue weighted by atomic mass is 15.3. The molecule has 0 saturated heterocycles. The molecule has 104 valence electrons. The minimum Gasteiger partial charge on any atom is -0.366 e. The van der Waals surface area contributed by atoms with E-state index in [9.17, 15) is 5.26 Å². The largest absolute Gasteiger partial charge is 0.366 e. The lowest BCUT2D eigenvalue weighted by molar-refractivity contribution is 0.547. The Morgan fingerprint density at radius 1 is 1.25 bits per heavy atom. The number of nitrogens with one attached hydrogen (secondary N) is 1. The van der Waals surface area contributed by atoms with Gasteiger partial charge in [0.2, 0.25) is 0 Å². The maximum absolute atomic E-state index is 9.49. The third-order valence-electron chi connectivity index (χ3n) is 3.09. The SMILES string of the molecule is Cn1cc(C(C#N)Nc2ccccc2)c(C(C)(C)C)n1. The number of aromatic nitrogens is 2. The number of hydrogen-bond acceptors (Lipinski definition) is 3. The van der Waals surface area contributed by atoms with Crippen LogP contribution < -0.4 is 5.32 Å². The second-order valence-corrected chi connectivity index (χ2v) is 5.93. The first-order valence-corrected chi connectivity index (χ1v) is 6.67. The highest BCUT2D eigenvalue weighted by molar-refractivity contribution is 5.48. The Bertz CT molecular complexity index is 614. The smallest absolute Gasteiger partial charge is 0.143 e. The number of benzene rings is 1. The molecule has 4 heteroatoms. The molecule has 1 heterocycles. The number of nitrogens with zero attached hydrogens (tertiary/aromatic N) is 3. The van der Waals surface area contributed by atoms with Gasteiger partial charge in [0, 0.05) is 29.9 Å². The summed E-state index contributed by atoms with van der Waals surface area (Å²) < 4.78 is 1.77. The van der Waals surface area contributed by atoms with Crippen LogP contribution in [0.25, 0.3) is 0 Å². The predicted molar refractivity (Wildman–Crippen MR) is 80.3 cm³/mol. The number of nitriles is 1. The summed E-state index contributed by atoms with van der Waals surface area (Å²) in [6.07, 6.45) is 1.92. The van der Waals surface area contributed by atoms with E-state index in [1.54, 1.807) is 4.68 Å². The average molecular weight is 268 g/mol. The fourth-order valence-corrected chi connectivity index (χ4v) is 2.18. The number of aryl methyl sites for hydroxylation is 1. The zero-order chi connectivity index (χ0) is 14.8. The zero-order valence-corrected chi connectivity index (χ0v) is 12.4. The Hall–Kier alpha value is -2.28. The normalized spacial score (nSPS) is 12.8. The Labute approximate surface area is 120 Å². The lowest BCUT2D eigenvalue weighted by Gasteiger charge is -2.20. The number of rotatable bonds is 3. The van der Waals surface area contributed by atoms with Crippen molar-refractivity contribution < 1.29 is 0 Å². The molecular weight excluding hydrogens is 248 g/mol. The topological polar surface area (TPSA) is 53.6 Å². The summed E-state index contributed by atoms with van der Waals surface area (Å²) in [4.78, 5) is 0. The zero-order valence-electron chi connectivity index (χ0n) is 12.4. The van der Waals surface area contributed by atoms with Crippen LogP contribution in [0.15, 0.2) is 36.5 Å². The third kappa shape index (κ3) is 3.00. The van der Waals surface area contributed by atoms with Crippen LogP contribution in [0.5, 0.6) is 0 Å². The van der Waals surface area contributed by atoms with Crippen LogP contribution in [0.4, 0.5) is 5.69 Å². The van der Waals surface area contributed by atoms with E-state index in [0.29, 0.717) is 0 Å². The molecule has 2 aromatic rings. The van der Waals surface area contributed by atoms with Crippen molar-refractivity contribution in [2.24, 2.45) is 7.05 Å². The number of anilines is 1. The Kier molecular flexibility index (Phi) is 3.80. The summed E-state index contributed by atoms with van der Waals surface area (Å²) in [6, 6.07) is 11.7. The molecule has 1 unspecified atom stereocenters. The summed E-state index contributed by atoms with van der Waals surface area (Å²) >= 11 is 0. The first kappa shape index (κ1) is 14.1. The molecule has 0 aliphatic heterocycles. The van der Waals surface area contributed by atoms with Gasteiger partial charge in [0.25, 0.3) is 0 Å². The molecule has 0 aliphatic rings. The van der Waals surface area contributed by atoms with E-state index < -0.39 is 6.04 Å². The molecule has 0 bridgehead atoms. The lowest BCUT2D eigenvalue weighted by Crippen LogP contribution is -2.18. The third-order valence-corrected chi connectivity index (χ3v) is 3.09. The molecular formula is C16H20N4. The Balaban J connectivity index is 2.36. The molecule has 0 aliphatic carbocycles. The number of para-hydroxylation sites is 1. The van der Waals surface area contributed by atoms with Crippen molar-refractivity contribution in [2.45, 2.75) is 32.2 Å². The van der Waals surface area contributed by atoms with Crippen LogP contribution in [0.2, 0.25) is 0 Å². The molecule has 4 nitrogen and oxygen atoms in total. The molecule has 1 atom stereocenters. The molecule has 1 aromatic heterocycles. The van der Waals surface area contributed by atoms with Crippen molar-refractivity contribution in [3.63, 3.8) is 0 Å². The van der Waals surface area contributed by atoms with Crippen LogP contribution in [0.1, 0.15) is 38.1 Å². The van der Waals surface area contributed by atoms with Gasteiger partial charge in [0.1, 0.15) is 6.04 Å². The molecule has 1 N–H and O–H groups in total. The van der Waals surface area contributed by atoms with Gasteiger partial charge in [0.05, 0.1) is 11.8 Å². The van der Waals surface area contributed by atoms with E-state index in [0.717, 1.165) is 16.9 Å². The van der Waals surface area contributed by atoms with E-state index in [1.165, 1.54) is 0 Å². The molecule has 0 radical (unpaired) electrons. The van der Waals surface area contributed by atoms with Crippen molar-refractivity contribution in [2.75, 3.05) is 5.32 Å². The van der Waals surface area contributed by atoms with Gasteiger partial charge in [-0.1, -0.05) is 39.0 Å². The van der Waals surface area contributed by atoms with E-state index in [1.807, 2.05) is 43.6 Å². The summed E-state index contributed by atoms with van der Waals surface area (Å²) in [7, 11) is 1.88. The van der Waals surface area contributed by atoms with Crippen LogP contribution in [-0.2, 0) is 12.5 Å². The van der Waals surface area contributed by atoms with E-state index >= 15 is 0 Å². The van der Waals surface area contributed by atoms with Crippen LogP contribution >= 0.6 is 0 Å². The van der Waals surface area contributed by atoms with Gasteiger partial charge in [-0.15, -0.1) is 0 Å². The minimum absolute atomic E-state index is 0.0932. The standard InChI is InChI=1S/C16H20N4/c1-16(2,3)15-13(11-20(4)19-15)14(10-17)18-12-8-6-5-7-9-12/h5-9,11,14,18H,1-4H3. The van der Waals surface area contributed by atoms with E-state index in [-0.39, 0.29) is 5.41 Å². The minimum atomic E-state index is -0.402. The summed E-state index contributed by atoms with van der Waals surface area (Å²) in [5.74, 6) is 0. The van der Waals surface area contributed by atoms with Crippen LogP contribution in [0, 0.1) is 11.3 Å². The van der Waals surface area contributed by atoms with Crippen molar-refractivity contribution in [1.29, 1.82) is 5.26 Å². The van der Waals surface area contributed by atoms with Gasteiger partial charge in [-0.3, -0.25) is 4.68 Å². The maximum atomic E-state index is 9.49. The van der Waals surface area contributed by atoms with Gasteiger partial charge >= 0.3 is 0 Å². The van der Waals surface area contributed by atoms with Crippen molar-refractivity contribution in [3.05, 3.63) is 47.8 Å². The first-order valence-electron chi connectivity index (χ1n) is 6.67.